The van der Waals surface area contributed by atoms with Crippen LogP contribution in [0.25, 0.3) is 4.85 Å². The van der Waals surface area contributed by atoms with E-state index in [0.717, 1.165) is 17.0 Å². The van der Waals surface area contributed by atoms with Gasteiger partial charge in [0.1, 0.15) is 0 Å². The lowest BCUT2D eigenvalue weighted by molar-refractivity contribution is -0.137. The van der Waals surface area contributed by atoms with Gasteiger partial charge in [0.15, 0.2) is 5.69 Å². The molecule has 5 heteroatoms. The van der Waals surface area contributed by atoms with Gasteiger partial charge in [-0.1, -0.05) is 42.1 Å². The Kier molecular flexibility index (Phi) is 3.82. The summed E-state index contributed by atoms with van der Waals surface area (Å²) in [5.41, 5.74) is -0.149. The van der Waals surface area contributed by atoms with Gasteiger partial charge in [-0.2, -0.15) is 13.2 Å². The smallest absolute Gasteiger partial charge is 0.238 e. The van der Waals surface area contributed by atoms with Crippen LogP contribution in [-0.4, -0.2) is 0 Å². The van der Waals surface area contributed by atoms with E-state index in [-0.39, 0.29) is 0 Å². The summed E-state index contributed by atoms with van der Waals surface area (Å²) in [7, 11) is 0. The van der Waals surface area contributed by atoms with E-state index >= 15 is 0 Å². The maximum Gasteiger partial charge on any atom is 0.416 e. The van der Waals surface area contributed by atoms with Gasteiger partial charge in [0.2, 0.25) is 0 Å². The third-order valence-electron chi connectivity index (χ3n) is 2.36. The first-order valence-electron chi connectivity index (χ1n) is 5.32. The standard InChI is InChI=1S/C14H8F3NS/c1-18-11-5-7-12(8-6-11)19-13-4-2-3-10(9-13)14(15,16)17/h2-9H. The van der Waals surface area contributed by atoms with Crippen molar-refractivity contribution in [1.29, 1.82) is 0 Å². The highest BCUT2D eigenvalue weighted by Crippen LogP contribution is 2.34. The minimum atomic E-state index is -4.33. The maximum absolute atomic E-state index is 12.6. The molecular weight excluding hydrogens is 271 g/mol. The fourth-order valence-electron chi connectivity index (χ4n) is 1.46. The summed E-state index contributed by atoms with van der Waals surface area (Å²) in [6.07, 6.45) is -4.33. The molecule has 0 atom stereocenters. The fraction of sp³-hybridized carbons (Fsp3) is 0.0714. The summed E-state index contributed by atoms with van der Waals surface area (Å²) >= 11 is 1.23. The molecule has 0 aromatic heterocycles. The van der Waals surface area contributed by atoms with Crippen LogP contribution in [0.15, 0.2) is 58.3 Å². The molecule has 0 saturated carbocycles. The maximum atomic E-state index is 12.6. The van der Waals surface area contributed by atoms with Crippen molar-refractivity contribution in [1.82, 2.24) is 0 Å². The van der Waals surface area contributed by atoms with E-state index in [1.165, 1.54) is 17.8 Å². The van der Waals surface area contributed by atoms with Crippen LogP contribution in [0.1, 0.15) is 5.56 Å². The fourth-order valence-corrected chi connectivity index (χ4v) is 2.34. The first kappa shape index (κ1) is 13.5. The Balaban J connectivity index is 2.21. The van der Waals surface area contributed by atoms with Crippen molar-refractivity contribution >= 4 is 17.4 Å². The average Bonchev–Trinajstić information content (AvgIpc) is 2.39. The van der Waals surface area contributed by atoms with E-state index in [2.05, 4.69) is 4.85 Å². The Morgan fingerprint density at radius 3 is 2.21 bits per heavy atom. The van der Waals surface area contributed by atoms with Crippen molar-refractivity contribution in [3.05, 3.63) is 65.5 Å². The van der Waals surface area contributed by atoms with Crippen LogP contribution in [0.5, 0.6) is 0 Å². The molecule has 0 aliphatic carbocycles. The number of halogens is 3. The van der Waals surface area contributed by atoms with E-state index in [1.807, 2.05) is 0 Å². The van der Waals surface area contributed by atoms with Crippen molar-refractivity contribution in [3.8, 4) is 0 Å². The first-order valence-corrected chi connectivity index (χ1v) is 6.13. The summed E-state index contributed by atoms with van der Waals surface area (Å²) in [5.74, 6) is 0. The van der Waals surface area contributed by atoms with E-state index in [4.69, 9.17) is 6.57 Å². The van der Waals surface area contributed by atoms with Gasteiger partial charge in [-0.15, -0.1) is 0 Å². The molecule has 0 N–H and O–H groups in total. The molecule has 1 nitrogen and oxygen atoms in total. The summed E-state index contributed by atoms with van der Waals surface area (Å²) in [6, 6.07) is 11.9. The van der Waals surface area contributed by atoms with Gasteiger partial charge in [0, 0.05) is 9.79 Å². The molecule has 0 fully saturated rings. The van der Waals surface area contributed by atoms with Crippen molar-refractivity contribution in [2.24, 2.45) is 0 Å². The second kappa shape index (κ2) is 5.37. The molecule has 2 aromatic rings. The van der Waals surface area contributed by atoms with Crippen LogP contribution >= 0.6 is 11.8 Å². The number of hydrogen-bond donors (Lipinski definition) is 0. The van der Waals surface area contributed by atoms with Gasteiger partial charge >= 0.3 is 6.18 Å². The molecule has 2 rings (SSSR count). The molecule has 0 spiro atoms. The third kappa shape index (κ3) is 3.52. The van der Waals surface area contributed by atoms with Gasteiger partial charge < -0.3 is 0 Å². The van der Waals surface area contributed by atoms with Crippen molar-refractivity contribution in [2.75, 3.05) is 0 Å². The second-order valence-electron chi connectivity index (χ2n) is 3.73. The lowest BCUT2D eigenvalue weighted by Crippen LogP contribution is -2.04. The Hall–Kier alpha value is -1.93. The molecule has 0 amide bonds. The zero-order valence-electron chi connectivity index (χ0n) is 9.61. The molecule has 0 unspecified atom stereocenters. The van der Waals surface area contributed by atoms with Crippen molar-refractivity contribution in [2.45, 2.75) is 16.0 Å². The summed E-state index contributed by atoms with van der Waals surface area (Å²) in [6.45, 7) is 6.83. The van der Waals surface area contributed by atoms with E-state index in [9.17, 15) is 13.2 Å². The van der Waals surface area contributed by atoms with Crippen molar-refractivity contribution in [3.63, 3.8) is 0 Å². The predicted molar refractivity (Wildman–Crippen MR) is 68.3 cm³/mol. The topological polar surface area (TPSA) is 4.36 Å². The molecule has 0 aliphatic rings. The summed E-state index contributed by atoms with van der Waals surface area (Å²) in [4.78, 5) is 4.57. The SMILES string of the molecule is [C-]#[N+]c1ccc(Sc2cccc(C(F)(F)F)c2)cc1. The molecule has 96 valence electrons. The van der Waals surface area contributed by atoms with Crippen LogP contribution < -0.4 is 0 Å². The molecule has 0 aliphatic heterocycles. The predicted octanol–water partition coefficient (Wildman–Crippen LogP) is 5.41. The van der Waals surface area contributed by atoms with Gasteiger partial charge in [0.25, 0.3) is 0 Å². The lowest BCUT2D eigenvalue weighted by Gasteiger charge is -2.08. The normalized spacial score (nSPS) is 11.1. The molecule has 0 radical (unpaired) electrons. The second-order valence-corrected chi connectivity index (χ2v) is 4.88. The third-order valence-corrected chi connectivity index (χ3v) is 3.36. The molecule has 0 bridgehead atoms. The number of hydrogen-bond acceptors (Lipinski definition) is 1. The zero-order chi connectivity index (χ0) is 13.9. The van der Waals surface area contributed by atoms with Crippen LogP contribution in [0.2, 0.25) is 0 Å². The number of nitrogens with zero attached hydrogens (tertiary/aromatic N) is 1. The number of alkyl halides is 3. The summed E-state index contributed by atoms with van der Waals surface area (Å²) in [5, 5.41) is 0. The minimum absolute atomic E-state index is 0.508. The number of benzene rings is 2. The lowest BCUT2D eigenvalue weighted by atomic mass is 10.2. The highest BCUT2D eigenvalue weighted by atomic mass is 32.2. The number of rotatable bonds is 2. The monoisotopic (exact) mass is 279 g/mol. The highest BCUT2D eigenvalue weighted by molar-refractivity contribution is 7.99. The average molecular weight is 279 g/mol. The van der Waals surface area contributed by atoms with E-state index in [0.29, 0.717) is 10.6 Å². The van der Waals surface area contributed by atoms with E-state index in [1.54, 1.807) is 30.3 Å². The van der Waals surface area contributed by atoms with Gasteiger partial charge in [0.05, 0.1) is 12.1 Å². The highest BCUT2D eigenvalue weighted by Gasteiger charge is 2.30. The first-order chi connectivity index (χ1) is 8.99. The molecule has 2 aromatic carbocycles. The van der Waals surface area contributed by atoms with Crippen LogP contribution in [0.3, 0.4) is 0 Å². The van der Waals surface area contributed by atoms with Crippen molar-refractivity contribution < 1.29 is 13.2 Å². The summed E-state index contributed by atoms with van der Waals surface area (Å²) < 4.78 is 37.7. The van der Waals surface area contributed by atoms with Gasteiger partial charge in [-0.3, -0.25) is 0 Å². The molecule has 19 heavy (non-hydrogen) atoms. The quantitative estimate of drug-likeness (QED) is 0.665. The Labute approximate surface area is 112 Å². The van der Waals surface area contributed by atoms with Crippen LogP contribution in [0.4, 0.5) is 18.9 Å². The van der Waals surface area contributed by atoms with Crippen LogP contribution in [-0.2, 0) is 6.18 Å². The minimum Gasteiger partial charge on any atom is -0.238 e. The Bertz CT molecular complexity index is 612. The Morgan fingerprint density at radius 1 is 0.947 bits per heavy atom. The van der Waals surface area contributed by atoms with Gasteiger partial charge in [-0.25, -0.2) is 4.85 Å². The van der Waals surface area contributed by atoms with Gasteiger partial charge in [-0.05, 0) is 18.2 Å². The molecule has 0 heterocycles. The largest absolute Gasteiger partial charge is 0.416 e. The van der Waals surface area contributed by atoms with E-state index < -0.39 is 11.7 Å². The van der Waals surface area contributed by atoms with Crippen LogP contribution in [0, 0.1) is 6.57 Å². The zero-order valence-corrected chi connectivity index (χ0v) is 10.4. The molecular formula is C14H8F3NS. The Morgan fingerprint density at radius 2 is 1.63 bits per heavy atom. The molecule has 0 saturated heterocycles.